The molecule has 0 fully saturated rings. The quantitative estimate of drug-likeness (QED) is 0.721. The summed E-state index contributed by atoms with van der Waals surface area (Å²) >= 11 is 3.42. The summed E-state index contributed by atoms with van der Waals surface area (Å²) < 4.78 is 0.795. The topological polar surface area (TPSA) is 70.1 Å². The summed E-state index contributed by atoms with van der Waals surface area (Å²) in [7, 11) is 0. The van der Waals surface area contributed by atoms with Crippen molar-refractivity contribution in [2.75, 3.05) is 23.8 Å². The minimum atomic E-state index is -0.333. The van der Waals surface area contributed by atoms with Gasteiger partial charge in [-0.3, -0.25) is 0 Å². The summed E-state index contributed by atoms with van der Waals surface area (Å²) in [6.07, 6.45) is 3.36. The highest BCUT2D eigenvalue weighted by molar-refractivity contribution is 9.10. The molecule has 1 aromatic heterocycles. The Balaban J connectivity index is 2.97. The van der Waals surface area contributed by atoms with Crippen molar-refractivity contribution in [3.8, 4) is 0 Å². The molecule has 0 aliphatic carbocycles. The van der Waals surface area contributed by atoms with Gasteiger partial charge in [-0.25, -0.2) is 4.98 Å². The van der Waals surface area contributed by atoms with E-state index in [2.05, 4.69) is 36.5 Å². The highest BCUT2D eigenvalue weighted by Crippen LogP contribution is 2.26. The van der Waals surface area contributed by atoms with Crippen molar-refractivity contribution >= 4 is 27.7 Å². The highest BCUT2D eigenvalue weighted by Gasteiger charge is 2.26. The maximum Gasteiger partial charge on any atom is 0.224 e. The van der Waals surface area contributed by atoms with Gasteiger partial charge >= 0.3 is 0 Å². The van der Waals surface area contributed by atoms with E-state index in [0.29, 0.717) is 11.8 Å². The van der Waals surface area contributed by atoms with E-state index >= 15 is 0 Å². The van der Waals surface area contributed by atoms with Gasteiger partial charge in [0.1, 0.15) is 5.82 Å². The van der Waals surface area contributed by atoms with Crippen LogP contribution in [-0.4, -0.2) is 33.8 Å². The molecule has 18 heavy (non-hydrogen) atoms. The van der Waals surface area contributed by atoms with Crippen LogP contribution in [-0.2, 0) is 0 Å². The van der Waals surface area contributed by atoms with E-state index in [9.17, 15) is 5.11 Å². The molecule has 0 aromatic carbocycles. The predicted octanol–water partition coefficient (Wildman–Crippen LogP) is 2.63. The molecule has 1 rings (SSSR count). The number of halogens is 1. The summed E-state index contributed by atoms with van der Waals surface area (Å²) in [5.74, 6) is 1.29. The van der Waals surface area contributed by atoms with E-state index in [1.54, 1.807) is 6.20 Å². The number of rotatable bonds is 7. The maximum atomic E-state index is 9.56. The van der Waals surface area contributed by atoms with E-state index in [-0.39, 0.29) is 12.1 Å². The van der Waals surface area contributed by atoms with E-state index in [1.165, 1.54) is 0 Å². The van der Waals surface area contributed by atoms with Crippen molar-refractivity contribution < 1.29 is 5.11 Å². The fraction of sp³-hybridized carbons (Fsp3) is 0.667. The second kappa shape index (κ2) is 6.89. The van der Waals surface area contributed by atoms with Crippen molar-refractivity contribution in [3.63, 3.8) is 0 Å². The molecule has 0 saturated heterocycles. The van der Waals surface area contributed by atoms with Crippen LogP contribution in [0.15, 0.2) is 10.7 Å². The highest BCUT2D eigenvalue weighted by atomic mass is 79.9. The molecule has 0 aliphatic heterocycles. The zero-order chi connectivity index (χ0) is 13.6. The molecule has 0 saturated carbocycles. The van der Waals surface area contributed by atoms with Crippen LogP contribution in [0.5, 0.6) is 0 Å². The molecule has 5 nitrogen and oxygen atoms in total. The fourth-order valence-electron chi connectivity index (χ4n) is 1.64. The van der Waals surface area contributed by atoms with Gasteiger partial charge in [-0.1, -0.05) is 13.8 Å². The third-order valence-electron chi connectivity index (χ3n) is 3.12. The zero-order valence-electron chi connectivity index (χ0n) is 11.1. The smallest absolute Gasteiger partial charge is 0.224 e. The summed E-state index contributed by atoms with van der Waals surface area (Å²) in [6.45, 7) is 6.94. The van der Waals surface area contributed by atoms with Gasteiger partial charge in [0.15, 0.2) is 0 Å². The van der Waals surface area contributed by atoms with Gasteiger partial charge in [0.05, 0.1) is 16.6 Å². The predicted molar refractivity (Wildman–Crippen MR) is 77.9 cm³/mol. The molecule has 0 amide bonds. The van der Waals surface area contributed by atoms with Crippen LogP contribution >= 0.6 is 15.9 Å². The van der Waals surface area contributed by atoms with Crippen LogP contribution in [0.4, 0.5) is 11.8 Å². The third kappa shape index (κ3) is 3.55. The average molecular weight is 317 g/mol. The maximum absolute atomic E-state index is 9.56. The van der Waals surface area contributed by atoms with Crippen molar-refractivity contribution in [1.82, 2.24) is 9.97 Å². The number of aromatic nitrogens is 2. The first-order valence-corrected chi connectivity index (χ1v) is 7.05. The fourth-order valence-corrected chi connectivity index (χ4v) is 1.93. The van der Waals surface area contributed by atoms with Crippen molar-refractivity contribution in [2.24, 2.45) is 0 Å². The second-order valence-corrected chi connectivity index (χ2v) is 5.05. The Labute approximate surface area is 117 Å². The molecule has 0 spiro atoms. The first kappa shape index (κ1) is 15.2. The molecule has 6 heteroatoms. The van der Waals surface area contributed by atoms with Crippen LogP contribution < -0.4 is 10.6 Å². The van der Waals surface area contributed by atoms with Crippen LogP contribution in [0.2, 0.25) is 0 Å². The third-order valence-corrected chi connectivity index (χ3v) is 3.70. The average Bonchev–Trinajstić information content (AvgIpc) is 2.40. The number of nitrogens with one attached hydrogen (secondary N) is 2. The minimum Gasteiger partial charge on any atom is -0.394 e. The first-order chi connectivity index (χ1) is 8.60. The first-order valence-electron chi connectivity index (χ1n) is 6.26. The van der Waals surface area contributed by atoms with Gasteiger partial charge < -0.3 is 15.7 Å². The van der Waals surface area contributed by atoms with E-state index < -0.39 is 0 Å². The SMILES string of the molecule is CCNc1ncc(Br)c(NC(CC)(CC)CO)n1. The Morgan fingerprint density at radius 2 is 2.00 bits per heavy atom. The molecule has 0 unspecified atom stereocenters. The van der Waals surface area contributed by atoms with E-state index in [0.717, 1.165) is 23.9 Å². The zero-order valence-corrected chi connectivity index (χ0v) is 12.7. The van der Waals surface area contributed by atoms with Crippen LogP contribution in [0.25, 0.3) is 0 Å². The van der Waals surface area contributed by atoms with Crippen LogP contribution in [0, 0.1) is 0 Å². The number of aliphatic hydroxyl groups is 1. The normalized spacial score (nSPS) is 11.4. The van der Waals surface area contributed by atoms with Gasteiger partial charge in [-0.15, -0.1) is 0 Å². The number of hydrogen-bond acceptors (Lipinski definition) is 5. The molecular formula is C12H21BrN4O. The second-order valence-electron chi connectivity index (χ2n) is 4.19. The van der Waals surface area contributed by atoms with Gasteiger partial charge in [-0.2, -0.15) is 4.98 Å². The molecule has 0 radical (unpaired) electrons. The number of nitrogens with zero attached hydrogens (tertiary/aromatic N) is 2. The molecule has 1 aromatic rings. The van der Waals surface area contributed by atoms with Crippen LogP contribution in [0.3, 0.4) is 0 Å². The van der Waals surface area contributed by atoms with Crippen LogP contribution in [0.1, 0.15) is 33.6 Å². The molecule has 1 heterocycles. The Morgan fingerprint density at radius 3 is 2.50 bits per heavy atom. The summed E-state index contributed by atoms with van der Waals surface area (Å²) in [5.41, 5.74) is -0.333. The minimum absolute atomic E-state index is 0.0764. The molecule has 102 valence electrons. The Bertz CT molecular complexity index is 374. The van der Waals surface area contributed by atoms with Gasteiger partial charge in [-0.05, 0) is 35.7 Å². The standard InChI is InChI=1S/C12H21BrN4O/c1-4-12(5-2,8-18)17-10-9(13)7-15-11(16-10)14-6-3/h7,18H,4-6,8H2,1-3H3,(H2,14,15,16,17). The monoisotopic (exact) mass is 316 g/mol. The summed E-state index contributed by atoms with van der Waals surface area (Å²) in [4.78, 5) is 8.56. The Morgan fingerprint density at radius 1 is 1.33 bits per heavy atom. The molecule has 0 bridgehead atoms. The number of anilines is 2. The largest absolute Gasteiger partial charge is 0.394 e. The molecule has 0 atom stereocenters. The Hall–Kier alpha value is -0.880. The van der Waals surface area contributed by atoms with Crippen molar-refractivity contribution in [2.45, 2.75) is 39.2 Å². The molecule has 0 aliphatic rings. The van der Waals surface area contributed by atoms with Crippen molar-refractivity contribution in [1.29, 1.82) is 0 Å². The lowest BCUT2D eigenvalue weighted by atomic mass is 9.94. The number of aliphatic hydroxyl groups excluding tert-OH is 1. The lowest BCUT2D eigenvalue weighted by Gasteiger charge is -2.31. The summed E-state index contributed by atoms with van der Waals surface area (Å²) in [6, 6.07) is 0. The lowest BCUT2D eigenvalue weighted by molar-refractivity contribution is 0.202. The van der Waals surface area contributed by atoms with E-state index in [1.807, 2.05) is 20.8 Å². The van der Waals surface area contributed by atoms with E-state index in [4.69, 9.17) is 0 Å². The molecular weight excluding hydrogens is 296 g/mol. The van der Waals surface area contributed by atoms with Gasteiger partial charge in [0.25, 0.3) is 0 Å². The molecule has 3 N–H and O–H groups in total. The number of hydrogen-bond donors (Lipinski definition) is 3. The summed E-state index contributed by atoms with van der Waals surface area (Å²) in [5, 5.41) is 16.0. The van der Waals surface area contributed by atoms with Crippen molar-refractivity contribution in [3.05, 3.63) is 10.7 Å². The Kier molecular flexibility index (Phi) is 5.81. The van der Waals surface area contributed by atoms with Gasteiger partial charge in [0, 0.05) is 12.7 Å². The lowest BCUT2D eigenvalue weighted by Crippen LogP contribution is -2.41. The van der Waals surface area contributed by atoms with Gasteiger partial charge in [0.2, 0.25) is 5.95 Å².